The lowest BCUT2D eigenvalue weighted by molar-refractivity contribution is -0.122. The molecule has 4 rings (SSSR count). The number of carbonyl (C=O) groups is 2. The standard InChI is InChI=1S/C22H21ClN4O4S/c1-30-17-8-3-13(9-18(17)31-2)10-19-25-26-22(32-19)24-21(29)14-11-20(28)27(12-14)16-6-4-15(23)5-7-16/h3-9,14H,10-12H2,1-2H3,(H,24,26,29). The van der Waals surface area contributed by atoms with Crippen molar-refractivity contribution in [2.24, 2.45) is 5.92 Å². The first kappa shape index (κ1) is 22.0. The zero-order valence-corrected chi connectivity index (χ0v) is 19.1. The van der Waals surface area contributed by atoms with Gasteiger partial charge in [0, 0.05) is 30.1 Å². The van der Waals surface area contributed by atoms with E-state index < -0.39 is 5.92 Å². The van der Waals surface area contributed by atoms with Gasteiger partial charge in [0.05, 0.1) is 20.1 Å². The maximum absolute atomic E-state index is 12.7. The Bertz CT molecular complexity index is 1140. The quantitative estimate of drug-likeness (QED) is 0.562. The minimum Gasteiger partial charge on any atom is -0.493 e. The third kappa shape index (κ3) is 4.84. The Morgan fingerprint density at radius 1 is 1.16 bits per heavy atom. The molecule has 0 saturated carbocycles. The maximum Gasteiger partial charge on any atom is 0.231 e. The van der Waals surface area contributed by atoms with Gasteiger partial charge in [0.15, 0.2) is 11.5 Å². The van der Waals surface area contributed by atoms with Crippen molar-refractivity contribution in [3.63, 3.8) is 0 Å². The van der Waals surface area contributed by atoms with Gasteiger partial charge in [-0.05, 0) is 42.0 Å². The highest BCUT2D eigenvalue weighted by Crippen LogP contribution is 2.30. The number of benzene rings is 2. The van der Waals surface area contributed by atoms with Crippen molar-refractivity contribution in [1.82, 2.24) is 10.2 Å². The van der Waals surface area contributed by atoms with Crippen LogP contribution in [0, 0.1) is 5.92 Å². The second-order valence-electron chi connectivity index (χ2n) is 7.24. The first-order chi connectivity index (χ1) is 15.5. The summed E-state index contributed by atoms with van der Waals surface area (Å²) in [5.41, 5.74) is 1.71. The summed E-state index contributed by atoms with van der Waals surface area (Å²) >= 11 is 7.21. The zero-order chi connectivity index (χ0) is 22.7. The van der Waals surface area contributed by atoms with Crippen LogP contribution in [0.4, 0.5) is 10.8 Å². The molecular formula is C22H21ClN4O4S. The average molecular weight is 473 g/mol. The fourth-order valence-corrected chi connectivity index (χ4v) is 4.40. The summed E-state index contributed by atoms with van der Waals surface area (Å²) in [5, 5.41) is 12.8. The predicted octanol–water partition coefficient (Wildman–Crippen LogP) is 3.79. The molecule has 1 unspecified atom stereocenters. The van der Waals surface area contributed by atoms with Crippen molar-refractivity contribution >= 4 is 45.6 Å². The summed E-state index contributed by atoms with van der Waals surface area (Å²) in [6.45, 7) is 0.309. The van der Waals surface area contributed by atoms with Crippen molar-refractivity contribution in [2.45, 2.75) is 12.8 Å². The molecule has 2 aromatic carbocycles. The van der Waals surface area contributed by atoms with Gasteiger partial charge in [-0.1, -0.05) is 29.0 Å². The number of hydrogen-bond acceptors (Lipinski definition) is 7. The Morgan fingerprint density at radius 2 is 1.91 bits per heavy atom. The third-order valence-corrected chi connectivity index (χ3v) is 6.23. The predicted molar refractivity (Wildman–Crippen MR) is 123 cm³/mol. The van der Waals surface area contributed by atoms with Crippen LogP contribution in [0.25, 0.3) is 0 Å². The molecule has 1 fully saturated rings. The smallest absolute Gasteiger partial charge is 0.231 e. The number of hydrogen-bond donors (Lipinski definition) is 1. The molecule has 10 heteroatoms. The molecule has 2 amide bonds. The van der Waals surface area contributed by atoms with E-state index in [1.54, 1.807) is 43.4 Å². The highest BCUT2D eigenvalue weighted by atomic mass is 35.5. The Morgan fingerprint density at radius 3 is 2.62 bits per heavy atom. The van der Waals surface area contributed by atoms with Gasteiger partial charge in [0.2, 0.25) is 16.9 Å². The number of aromatic nitrogens is 2. The van der Waals surface area contributed by atoms with Crippen LogP contribution in [0.5, 0.6) is 11.5 Å². The number of nitrogens with one attached hydrogen (secondary N) is 1. The van der Waals surface area contributed by atoms with Crippen molar-refractivity contribution in [3.05, 3.63) is 58.1 Å². The summed E-state index contributed by atoms with van der Waals surface area (Å²) < 4.78 is 10.6. The number of halogens is 1. The molecule has 1 aromatic heterocycles. The van der Waals surface area contributed by atoms with E-state index in [-0.39, 0.29) is 18.2 Å². The molecule has 0 bridgehead atoms. The molecule has 0 radical (unpaired) electrons. The monoisotopic (exact) mass is 472 g/mol. The number of nitrogens with zero attached hydrogens (tertiary/aromatic N) is 3. The Balaban J connectivity index is 1.38. The largest absolute Gasteiger partial charge is 0.493 e. The van der Waals surface area contributed by atoms with Crippen LogP contribution >= 0.6 is 22.9 Å². The highest BCUT2D eigenvalue weighted by Gasteiger charge is 2.35. The van der Waals surface area contributed by atoms with Crippen LogP contribution in [-0.2, 0) is 16.0 Å². The van der Waals surface area contributed by atoms with Gasteiger partial charge in [-0.2, -0.15) is 0 Å². The molecule has 3 aromatic rings. The van der Waals surface area contributed by atoms with Crippen LogP contribution in [-0.4, -0.2) is 42.8 Å². The molecule has 166 valence electrons. The lowest BCUT2D eigenvalue weighted by Gasteiger charge is -2.16. The Hall–Kier alpha value is -3.17. The summed E-state index contributed by atoms with van der Waals surface area (Å²) in [5.74, 6) is 0.485. The van der Waals surface area contributed by atoms with Gasteiger partial charge in [-0.25, -0.2) is 0 Å². The molecular weight excluding hydrogens is 452 g/mol. The number of rotatable bonds is 7. The van der Waals surface area contributed by atoms with Crippen LogP contribution < -0.4 is 19.7 Å². The Kier molecular flexibility index (Phi) is 6.57. The number of carbonyl (C=O) groups excluding carboxylic acids is 2. The molecule has 2 heterocycles. The summed E-state index contributed by atoms with van der Waals surface area (Å²) in [6.07, 6.45) is 0.686. The lowest BCUT2D eigenvalue weighted by atomic mass is 10.1. The van der Waals surface area contributed by atoms with Gasteiger partial charge >= 0.3 is 0 Å². The van der Waals surface area contributed by atoms with Crippen LogP contribution in [0.1, 0.15) is 17.0 Å². The molecule has 0 aliphatic carbocycles. The van der Waals surface area contributed by atoms with E-state index in [1.807, 2.05) is 18.2 Å². The molecule has 1 N–H and O–H groups in total. The van der Waals surface area contributed by atoms with Gasteiger partial charge in [-0.15, -0.1) is 10.2 Å². The maximum atomic E-state index is 12.7. The van der Waals surface area contributed by atoms with Crippen molar-refractivity contribution in [2.75, 3.05) is 31.0 Å². The van der Waals surface area contributed by atoms with E-state index in [0.717, 1.165) is 16.3 Å². The first-order valence-electron chi connectivity index (χ1n) is 9.87. The number of amides is 2. The minimum absolute atomic E-state index is 0.0983. The van der Waals surface area contributed by atoms with Crippen LogP contribution in [0.3, 0.4) is 0 Å². The minimum atomic E-state index is -0.462. The average Bonchev–Trinajstić information content (AvgIpc) is 3.40. The summed E-state index contributed by atoms with van der Waals surface area (Å²) in [6, 6.07) is 12.6. The molecule has 1 aliphatic rings. The van der Waals surface area contributed by atoms with Gasteiger partial charge in [0.1, 0.15) is 5.01 Å². The molecule has 8 nitrogen and oxygen atoms in total. The van der Waals surface area contributed by atoms with Gasteiger partial charge in [0.25, 0.3) is 0 Å². The molecule has 32 heavy (non-hydrogen) atoms. The molecule has 1 aliphatic heterocycles. The van der Waals surface area contributed by atoms with Crippen molar-refractivity contribution < 1.29 is 19.1 Å². The van der Waals surface area contributed by atoms with E-state index >= 15 is 0 Å². The zero-order valence-electron chi connectivity index (χ0n) is 17.5. The molecule has 1 atom stereocenters. The van der Waals surface area contributed by atoms with E-state index in [2.05, 4.69) is 15.5 Å². The summed E-state index contributed by atoms with van der Waals surface area (Å²) in [7, 11) is 3.17. The SMILES string of the molecule is COc1ccc(Cc2nnc(NC(=O)C3CC(=O)N(c4ccc(Cl)cc4)C3)s2)cc1OC. The first-order valence-corrected chi connectivity index (χ1v) is 11.1. The summed E-state index contributed by atoms with van der Waals surface area (Å²) in [4.78, 5) is 26.7. The van der Waals surface area contributed by atoms with Crippen molar-refractivity contribution in [3.8, 4) is 11.5 Å². The molecule has 0 spiro atoms. The fourth-order valence-electron chi connectivity index (χ4n) is 3.50. The molecule has 1 saturated heterocycles. The second kappa shape index (κ2) is 9.54. The lowest BCUT2D eigenvalue weighted by Crippen LogP contribution is -2.28. The van der Waals surface area contributed by atoms with E-state index in [9.17, 15) is 9.59 Å². The van der Waals surface area contributed by atoms with E-state index in [1.165, 1.54) is 11.3 Å². The van der Waals surface area contributed by atoms with E-state index in [0.29, 0.717) is 34.6 Å². The number of methoxy groups -OCH3 is 2. The van der Waals surface area contributed by atoms with E-state index in [4.69, 9.17) is 21.1 Å². The Labute approximate surface area is 194 Å². The highest BCUT2D eigenvalue weighted by molar-refractivity contribution is 7.15. The second-order valence-corrected chi connectivity index (χ2v) is 8.74. The van der Waals surface area contributed by atoms with Crippen LogP contribution in [0.2, 0.25) is 5.02 Å². The normalized spacial score (nSPS) is 15.7. The topological polar surface area (TPSA) is 93.7 Å². The van der Waals surface area contributed by atoms with Gasteiger partial charge in [-0.3, -0.25) is 9.59 Å². The van der Waals surface area contributed by atoms with Crippen molar-refractivity contribution in [1.29, 1.82) is 0 Å². The third-order valence-electron chi connectivity index (χ3n) is 5.13. The number of ether oxygens (including phenoxy) is 2. The fraction of sp³-hybridized carbons (Fsp3) is 0.273. The van der Waals surface area contributed by atoms with Crippen LogP contribution in [0.15, 0.2) is 42.5 Å². The number of anilines is 2. The van der Waals surface area contributed by atoms with Gasteiger partial charge < -0.3 is 19.7 Å².